The van der Waals surface area contributed by atoms with Crippen LogP contribution in [0, 0.1) is 0 Å². The van der Waals surface area contributed by atoms with Gasteiger partial charge in [0.1, 0.15) is 17.0 Å². The van der Waals surface area contributed by atoms with Crippen molar-refractivity contribution in [2.45, 2.75) is 0 Å². The molecule has 0 spiro atoms. The van der Waals surface area contributed by atoms with Gasteiger partial charge in [-0.25, -0.2) is 4.98 Å². The van der Waals surface area contributed by atoms with Crippen LogP contribution >= 0.6 is 35.4 Å². The van der Waals surface area contributed by atoms with Crippen molar-refractivity contribution in [3.63, 3.8) is 0 Å². The molecule has 0 aliphatic rings. The smallest absolute Gasteiger partial charge is 0.250 e. The molecule has 1 amide bonds. The molecule has 2 aromatic heterocycles. The Hall–Kier alpha value is -3.91. The zero-order valence-corrected chi connectivity index (χ0v) is 20.8. The number of amides is 1. The number of hydrogen-bond donors (Lipinski definition) is 2. The third-order valence-corrected chi connectivity index (χ3v) is 5.72. The van der Waals surface area contributed by atoms with Gasteiger partial charge in [-0.1, -0.05) is 41.4 Å². The standard InChI is InChI=1S/C27H17Cl2N3O3S/c28-18-12-17(13-19(29)14-18)23-10-7-21(34-23)8-11-25(33)32-27(36)30-20-6-9-24-22(15-20)31-26(35-24)16-4-2-1-3-5-16/h1-15H,(H2,30,32,33,36)/b11-8+. The number of anilines is 1. The molecule has 0 radical (unpaired) electrons. The lowest BCUT2D eigenvalue weighted by Gasteiger charge is -2.07. The van der Waals surface area contributed by atoms with Crippen LogP contribution in [0.1, 0.15) is 5.76 Å². The summed E-state index contributed by atoms with van der Waals surface area (Å²) < 4.78 is 11.6. The second-order valence-corrected chi connectivity index (χ2v) is 8.99. The van der Waals surface area contributed by atoms with Gasteiger partial charge in [-0.2, -0.15) is 0 Å². The van der Waals surface area contributed by atoms with E-state index in [0.717, 1.165) is 11.1 Å². The van der Waals surface area contributed by atoms with E-state index in [1.807, 2.05) is 30.3 Å². The normalized spacial score (nSPS) is 11.2. The Balaban J connectivity index is 1.20. The van der Waals surface area contributed by atoms with Gasteiger partial charge in [0.2, 0.25) is 11.8 Å². The third-order valence-electron chi connectivity index (χ3n) is 5.08. The number of nitrogens with one attached hydrogen (secondary N) is 2. The number of oxazole rings is 1. The average Bonchev–Trinajstić information content (AvgIpc) is 3.50. The third kappa shape index (κ3) is 5.66. The van der Waals surface area contributed by atoms with E-state index in [2.05, 4.69) is 15.6 Å². The first kappa shape index (κ1) is 23.8. The quantitative estimate of drug-likeness (QED) is 0.179. The molecular weight excluding hydrogens is 517 g/mol. The number of rotatable bonds is 5. The molecule has 0 fully saturated rings. The van der Waals surface area contributed by atoms with Gasteiger partial charge < -0.3 is 14.2 Å². The number of halogens is 2. The molecule has 5 rings (SSSR count). The maximum absolute atomic E-state index is 12.3. The molecule has 36 heavy (non-hydrogen) atoms. The number of carbonyl (C=O) groups is 1. The zero-order valence-electron chi connectivity index (χ0n) is 18.5. The number of carbonyl (C=O) groups excluding carboxylic acids is 1. The zero-order chi connectivity index (χ0) is 25.1. The lowest BCUT2D eigenvalue weighted by molar-refractivity contribution is -0.115. The number of hydrogen-bond acceptors (Lipinski definition) is 5. The summed E-state index contributed by atoms with van der Waals surface area (Å²) in [6.45, 7) is 0. The molecule has 9 heteroatoms. The van der Waals surface area contributed by atoms with Crippen molar-refractivity contribution in [3.8, 4) is 22.8 Å². The van der Waals surface area contributed by atoms with Crippen molar-refractivity contribution < 1.29 is 13.6 Å². The summed E-state index contributed by atoms with van der Waals surface area (Å²) in [5, 5.41) is 6.74. The van der Waals surface area contributed by atoms with E-state index in [1.165, 1.54) is 6.08 Å². The van der Waals surface area contributed by atoms with Gasteiger partial charge in [0.15, 0.2) is 10.7 Å². The van der Waals surface area contributed by atoms with Gasteiger partial charge in [-0.05, 0) is 79.0 Å². The van der Waals surface area contributed by atoms with Gasteiger partial charge in [0, 0.05) is 32.9 Å². The summed E-state index contributed by atoms with van der Waals surface area (Å²) in [6.07, 6.45) is 2.87. The topological polar surface area (TPSA) is 80.3 Å². The molecular formula is C27H17Cl2N3O3S. The maximum Gasteiger partial charge on any atom is 0.250 e. The largest absolute Gasteiger partial charge is 0.457 e. The summed E-state index contributed by atoms with van der Waals surface area (Å²) in [5.74, 6) is 1.18. The van der Waals surface area contributed by atoms with E-state index in [0.29, 0.717) is 44.2 Å². The molecule has 0 unspecified atom stereocenters. The first-order valence-corrected chi connectivity index (χ1v) is 11.9. The van der Waals surface area contributed by atoms with Crippen molar-refractivity contribution in [1.82, 2.24) is 10.3 Å². The molecule has 3 aromatic carbocycles. The Kier molecular flexibility index (Phi) is 6.86. The fraction of sp³-hybridized carbons (Fsp3) is 0. The van der Waals surface area contributed by atoms with Crippen LogP contribution in [0.25, 0.3) is 40.0 Å². The van der Waals surface area contributed by atoms with Crippen molar-refractivity contribution in [2.24, 2.45) is 0 Å². The lowest BCUT2D eigenvalue weighted by atomic mass is 10.2. The highest BCUT2D eigenvalue weighted by molar-refractivity contribution is 7.80. The van der Waals surface area contributed by atoms with Crippen LogP contribution in [0.3, 0.4) is 0 Å². The van der Waals surface area contributed by atoms with Crippen molar-refractivity contribution in [2.75, 3.05) is 5.32 Å². The molecule has 0 saturated carbocycles. The predicted molar refractivity (Wildman–Crippen MR) is 147 cm³/mol. The molecule has 178 valence electrons. The molecule has 2 heterocycles. The Morgan fingerprint density at radius 2 is 1.67 bits per heavy atom. The summed E-state index contributed by atoms with van der Waals surface area (Å²) in [6, 6.07) is 23.7. The molecule has 0 saturated heterocycles. The minimum absolute atomic E-state index is 0.143. The molecule has 6 nitrogen and oxygen atoms in total. The van der Waals surface area contributed by atoms with Crippen molar-refractivity contribution in [1.29, 1.82) is 0 Å². The summed E-state index contributed by atoms with van der Waals surface area (Å²) >= 11 is 17.4. The molecule has 0 aliphatic carbocycles. The number of furan rings is 1. The van der Waals surface area contributed by atoms with E-state index in [1.54, 1.807) is 54.6 Å². The molecule has 0 bridgehead atoms. The lowest BCUT2D eigenvalue weighted by Crippen LogP contribution is -2.32. The van der Waals surface area contributed by atoms with Crippen LogP contribution in [0.4, 0.5) is 5.69 Å². The van der Waals surface area contributed by atoms with Gasteiger partial charge in [0.25, 0.3) is 0 Å². The van der Waals surface area contributed by atoms with Crippen LogP contribution in [0.15, 0.2) is 93.8 Å². The van der Waals surface area contributed by atoms with Crippen LogP contribution in [0.5, 0.6) is 0 Å². The first-order chi connectivity index (χ1) is 17.4. The van der Waals surface area contributed by atoms with E-state index in [4.69, 9.17) is 44.3 Å². The maximum atomic E-state index is 12.3. The van der Waals surface area contributed by atoms with Gasteiger partial charge in [-0.15, -0.1) is 0 Å². The Bertz CT molecular complexity index is 1590. The second-order valence-electron chi connectivity index (χ2n) is 7.70. The molecule has 2 N–H and O–H groups in total. The summed E-state index contributed by atoms with van der Waals surface area (Å²) in [4.78, 5) is 16.9. The number of benzene rings is 3. The van der Waals surface area contributed by atoms with Gasteiger partial charge in [0.05, 0.1) is 0 Å². The Morgan fingerprint density at radius 3 is 2.44 bits per heavy atom. The minimum Gasteiger partial charge on any atom is -0.457 e. The number of fused-ring (bicyclic) bond motifs is 1. The predicted octanol–water partition coefficient (Wildman–Crippen LogP) is 7.59. The van der Waals surface area contributed by atoms with Crippen LogP contribution in [-0.2, 0) is 4.79 Å². The molecule has 0 atom stereocenters. The number of nitrogens with zero attached hydrogens (tertiary/aromatic N) is 1. The SMILES string of the molecule is O=C(/C=C/c1ccc(-c2cc(Cl)cc(Cl)c2)o1)NC(=S)Nc1ccc2oc(-c3ccccc3)nc2c1. The monoisotopic (exact) mass is 533 g/mol. The summed E-state index contributed by atoms with van der Waals surface area (Å²) in [7, 11) is 0. The van der Waals surface area contributed by atoms with E-state index in [9.17, 15) is 4.79 Å². The van der Waals surface area contributed by atoms with Crippen LogP contribution in [-0.4, -0.2) is 16.0 Å². The van der Waals surface area contributed by atoms with Gasteiger partial charge >= 0.3 is 0 Å². The van der Waals surface area contributed by atoms with E-state index in [-0.39, 0.29) is 5.11 Å². The fourth-order valence-electron chi connectivity index (χ4n) is 3.48. The average molecular weight is 534 g/mol. The number of thiocarbonyl (C=S) groups is 1. The first-order valence-electron chi connectivity index (χ1n) is 10.8. The van der Waals surface area contributed by atoms with E-state index < -0.39 is 5.91 Å². The fourth-order valence-corrected chi connectivity index (χ4v) is 4.22. The van der Waals surface area contributed by atoms with Gasteiger partial charge in [-0.3, -0.25) is 10.1 Å². The minimum atomic E-state index is -0.412. The van der Waals surface area contributed by atoms with E-state index >= 15 is 0 Å². The highest BCUT2D eigenvalue weighted by Crippen LogP contribution is 2.29. The van der Waals surface area contributed by atoms with Crippen molar-refractivity contribution >= 4 is 69.3 Å². The van der Waals surface area contributed by atoms with Crippen molar-refractivity contribution in [3.05, 3.63) is 101 Å². The Labute approximate surface area is 221 Å². The van der Waals surface area contributed by atoms with Crippen LogP contribution < -0.4 is 10.6 Å². The molecule has 0 aliphatic heterocycles. The number of aromatic nitrogens is 1. The second kappa shape index (κ2) is 10.4. The highest BCUT2D eigenvalue weighted by atomic mass is 35.5. The Morgan fingerprint density at radius 1 is 0.889 bits per heavy atom. The highest BCUT2D eigenvalue weighted by Gasteiger charge is 2.10. The molecule has 5 aromatic rings. The summed E-state index contributed by atoms with van der Waals surface area (Å²) in [5.41, 5.74) is 3.61. The van der Waals surface area contributed by atoms with Crippen LogP contribution in [0.2, 0.25) is 10.0 Å².